The van der Waals surface area contributed by atoms with Crippen molar-refractivity contribution in [3.63, 3.8) is 0 Å². The Morgan fingerprint density at radius 3 is 1.46 bits per heavy atom. The van der Waals surface area contributed by atoms with E-state index in [1.165, 1.54) is 36.9 Å². The summed E-state index contributed by atoms with van der Waals surface area (Å²) in [6.45, 7) is 0. The number of thiophene rings is 2. The molecule has 0 radical (unpaired) electrons. The molecule has 0 aliphatic heterocycles. The Balaban J connectivity index is 1.49. The van der Waals surface area contributed by atoms with E-state index in [1.54, 1.807) is 0 Å². The highest BCUT2D eigenvalue weighted by Crippen LogP contribution is 2.39. The van der Waals surface area contributed by atoms with Crippen LogP contribution in [-0.2, 0) is 44.7 Å². The van der Waals surface area contributed by atoms with Gasteiger partial charge in [0, 0.05) is 9.75 Å². The SMILES string of the molecule is COC(=O)c1c(NC(=O)CC(=O)Nc2sc3c(c2C(=O)OC)CCCCC3)sc2c1CCCCC2. The van der Waals surface area contributed by atoms with E-state index >= 15 is 0 Å². The number of esters is 2. The lowest BCUT2D eigenvalue weighted by Gasteiger charge is -2.09. The predicted octanol–water partition coefficient (Wildman–Crippen LogP) is 4.89. The molecule has 0 bridgehead atoms. The third-order valence-electron chi connectivity index (χ3n) is 6.45. The van der Waals surface area contributed by atoms with Gasteiger partial charge in [-0.15, -0.1) is 22.7 Å². The molecule has 2 amide bonds. The summed E-state index contributed by atoms with van der Waals surface area (Å²) >= 11 is 2.77. The van der Waals surface area contributed by atoms with Crippen molar-refractivity contribution in [3.8, 4) is 0 Å². The van der Waals surface area contributed by atoms with Crippen molar-refractivity contribution in [2.45, 2.75) is 70.6 Å². The Labute approximate surface area is 212 Å². The normalized spacial score (nSPS) is 15.1. The predicted molar refractivity (Wildman–Crippen MR) is 136 cm³/mol. The number of anilines is 2. The van der Waals surface area contributed by atoms with Crippen LogP contribution in [0.5, 0.6) is 0 Å². The molecule has 2 heterocycles. The van der Waals surface area contributed by atoms with Crippen molar-refractivity contribution in [1.29, 1.82) is 0 Å². The average Bonchev–Trinajstić information content (AvgIpc) is 3.11. The number of aryl methyl sites for hydroxylation is 2. The monoisotopic (exact) mass is 518 g/mol. The third-order valence-corrected chi connectivity index (χ3v) is 8.86. The summed E-state index contributed by atoms with van der Waals surface area (Å²) in [6.07, 6.45) is 9.07. The van der Waals surface area contributed by atoms with E-state index in [1.807, 2.05) is 0 Å². The second kappa shape index (κ2) is 11.3. The fourth-order valence-corrected chi connectivity index (χ4v) is 7.37. The van der Waals surface area contributed by atoms with Crippen LogP contribution in [0.4, 0.5) is 10.0 Å². The summed E-state index contributed by atoms with van der Waals surface area (Å²) in [7, 11) is 2.65. The lowest BCUT2D eigenvalue weighted by Crippen LogP contribution is -2.22. The van der Waals surface area contributed by atoms with Gasteiger partial charge in [0.25, 0.3) is 0 Å². The number of nitrogens with one attached hydrogen (secondary N) is 2. The van der Waals surface area contributed by atoms with Gasteiger partial charge in [0.05, 0.1) is 25.3 Å². The van der Waals surface area contributed by atoms with Crippen LogP contribution in [0, 0.1) is 0 Å². The van der Waals surface area contributed by atoms with Crippen LogP contribution in [0.15, 0.2) is 0 Å². The summed E-state index contributed by atoms with van der Waals surface area (Å²) in [5, 5.41) is 6.37. The van der Waals surface area contributed by atoms with Crippen LogP contribution in [0.2, 0.25) is 0 Å². The quantitative estimate of drug-likeness (QED) is 0.320. The van der Waals surface area contributed by atoms with Gasteiger partial charge in [-0.25, -0.2) is 9.59 Å². The van der Waals surface area contributed by atoms with E-state index in [-0.39, 0.29) is 0 Å². The van der Waals surface area contributed by atoms with E-state index in [2.05, 4.69) is 10.6 Å². The van der Waals surface area contributed by atoms with Crippen LogP contribution in [0.1, 0.15) is 86.5 Å². The van der Waals surface area contributed by atoms with E-state index < -0.39 is 30.2 Å². The summed E-state index contributed by atoms with van der Waals surface area (Å²) in [6, 6.07) is 0. The Morgan fingerprint density at radius 2 is 1.06 bits per heavy atom. The van der Waals surface area contributed by atoms with E-state index in [9.17, 15) is 19.2 Å². The number of ether oxygens (including phenoxy) is 2. The fraction of sp³-hybridized carbons (Fsp3) is 0.520. The number of hydrogen-bond acceptors (Lipinski definition) is 8. The standard InChI is InChI=1S/C25H30N2O6S2/c1-32-24(30)20-14-9-5-3-7-11-16(14)34-22(20)26-18(28)13-19(29)27-23-21(25(31)33-2)15-10-6-4-8-12-17(15)35-23/h3-13H2,1-2H3,(H,26,28)(H,27,29). The average molecular weight is 519 g/mol. The molecule has 2 aromatic heterocycles. The van der Waals surface area contributed by atoms with Gasteiger partial charge >= 0.3 is 11.9 Å². The van der Waals surface area contributed by atoms with Gasteiger partial charge < -0.3 is 20.1 Å². The zero-order chi connectivity index (χ0) is 24.9. The lowest BCUT2D eigenvalue weighted by atomic mass is 10.1. The van der Waals surface area contributed by atoms with Crippen LogP contribution in [0.3, 0.4) is 0 Å². The van der Waals surface area contributed by atoms with Crippen LogP contribution in [0.25, 0.3) is 0 Å². The van der Waals surface area contributed by atoms with Gasteiger partial charge in [-0.05, 0) is 62.5 Å². The number of carbonyl (C=O) groups excluding carboxylic acids is 4. The number of rotatable bonds is 6. The molecule has 188 valence electrons. The minimum absolute atomic E-state index is 0.401. The molecule has 10 heteroatoms. The third kappa shape index (κ3) is 5.59. The van der Waals surface area contributed by atoms with Gasteiger partial charge in [-0.1, -0.05) is 12.8 Å². The first-order valence-corrected chi connectivity index (χ1v) is 13.6. The zero-order valence-electron chi connectivity index (χ0n) is 20.0. The first kappa shape index (κ1) is 25.4. The number of amides is 2. The van der Waals surface area contributed by atoms with E-state index in [0.29, 0.717) is 21.1 Å². The number of carbonyl (C=O) groups is 4. The molecule has 2 aliphatic carbocycles. The molecule has 0 fully saturated rings. The molecular formula is C25H30N2O6S2. The molecule has 0 aromatic carbocycles. The molecule has 4 rings (SSSR count). The molecule has 2 aliphatic rings. The van der Waals surface area contributed by atoms with Gasteiger partial charge in [-0.2, -0.15) is 0 Å². The Morgan fingerprint density at radius 1 is 0.657 bits per heavy atom. The second-order valence-corrected chi connectivity index (χ2v) is 11.0. The Kier molecular flexibility index (Phi) is 8.22. The van der Waals surface area contributed by atoms with Crippen molar-refractivity contribution in [2.75, 3.05) is 24.9 Å². The van der Waals surface area contributed by atoms with E-state index in [0.717, 1.165) is 85.1 Å². The van der Waals surface area contributed by atoms with Crippen LogP contribution in [-0.4, -0.2) is 38.0 Å². The van der Waals surface area contributed by atoms with Gasteiger partial charge in [0.2, 0.25) is 11.8 Å². The first-order valence-electron chi connectivity index (χ1n) is 12.0. The smallest absolute Gasteiger partial charge is 0.341 e. The summed E-state index contributed by atoms with van der Waals surface area (Å²) in [5.74, 6) is -2.01. The largest absolute Gasteiger partial charge is 0.465 e. The van der Waals surface area contributed by atoms with Crippen LogP contribution >= 0.6 is 22.7 Å². The molecular weight excluding hydrogens is 488 g/mol. The maximum Gasteiger partial charge on any atom is 0.341 e. The van der Waals surface area contributed by atoms with E-state index in [4.69, 9.17) is 9.47 Å². The number of methoxy groups -OCH3 is 2. The van der Waals surface area contributed by atoms with Crippen molar-refractivity contribution in [2.24, 2.45) is 0 Å². The Hall–Kier alpha value is -2.72. The van der Waals surface area contributed by atoms with Gasteiger partial charge in [-0.3, -0.25) is 9.59 Å². The van der Waals surface area contributed by atoms with Gasteiger partial charge in [0.15, 0.2) is 0 Å². The van der Waals surface area contributed by atoms with Crippen molar-refractivity contribution in [1.82, 2.24) is 0 Å². The maximum atomic E-state index is 12.8. The summed E-state index contributed by atoms with van der Waals surface area (Å²) in [5.41, 5.74) is 2.69. The highest BCUT2D eigenvalue weighted by Gasteiger charge is 2.28. The van der Waals surface area contributed by atoms with Crippen molar-refractivity contribution < 1.29 is 28.7 Å². The molecule has 0 saturated carbocycles. The fourth-order valence-electron chi connectivity index (χ4n) is 4.78. The molecule has 0 saturated heterocycles. The molecule has 35 heavy (non-hydrogen) atoms. The number of fused-ring (bicyclic) bond motifs is 2. The number of hydrogen-bond donors (Lipinski definition) is 2. The maximum absolute atomic E-state index is 12.8. The lowest BCUT2D eigenvalue weighted by molar-refractivity contribution is -0.123. The molecule has 0 atom stereocenters. The summed E-state index contributed by atoms with van der Waals surface area (Å²) < 4.78 is 9.95. The molecule has 2 N–H and O–H groups in total. The minimum Gasteiger partial charge on any atom is -0.465 e. The van der Waals surface area contributed by atoms with Crippen molar-refractivity contribution in [3.05, 3.63) is 32.0 Å². The topological polar surface area (TPSA) is 111 Å². The zero-order valence-corrected chi connectivity index (χ0v) is 21.7. The first-order chi connectivity index (χ1) is 16.9. The summed E-state index contributed by atoms with van der Waals surface area (Å²) in [4.78, 5) is 52.7. The second-order valence-electron chi connectivity index (χ2n) is 8.79. The van der Waals surface area contributed by atoms with Crippen molar-refractivity contribution >= 4 is 56.4 Å². The Bertz CT molecular complexity index is 1060. The highest BCUT2D eigenvalue weighted by atomic mass is 32.1. The van der Waals surface area contributed by atoms with Gasteiger partial charge in [0.1, 0.15) is 16.4 Å². The molecule has 0 unspecified atom stereocenters. The highest BCUT2D eigenvalue weighted by molar-refractivity contribution is 7.17. The molecule has 0 spiro atoms. The molecule has 2 aromatic rings. The minimum atomic E-state index is -0.526. The van der Waals surface area contributed by atoms with Crippen LogP contribution < -0.4 is 10.6 Å². The molecule has 8 nitrogen and oxygen atoms in total.